The molecule has 4 heteroatoms. The molecule has 0 aromatic rings. The lowest BCUT2D eigenvalue weighted by atomic mass is 9.44. The van der Waals surface area contributed by atoms with Crippen LogP contribution in [0.25, 0.3) is 0 Å². The average molecular weight is 419 g/mol. The zero-order valence-electron chi connectivity index (χ0n) is 19.5. The predicted molar refractivity (Wildman–Crippen MR) is 117 cm³/mol. The molecule has 9 atom stereocenters. The molecule has 4 saturated carbocycles. The van der Waals surface area contributed by atoms with Crippen LogP contribution in [0.3, 0.4) is 0 Å². The van der Waals surface area contributed by atoms with Crippen molar-refractivity contribution in [3.8, 4) is 0 Å². The van der Waals surface area contributed by atoms with Crippen molar-refractivity contribution in [3.63, 3.8) is 0 Å². The molecular weight excluding hydrogens is 376 g/mol. The van der Waals surface area contributed by atoms with E-state index < -0.39 is 5.97 Å². The fourth-order valence-corrected chi connectivity index (χ4v) is 9.09. The number of fused-ring (bicyclic) bond motifs is 5. The summed E-state index contributed by atoms with van der Waals surface area (Å²) in [6.07, 6.45) is 12.5. The SMILES string of the molecule is CC(=O)O[C@@H]1CC[C@@]2(C)[C@H](CC[C@@H]3[C@H]4CC[C@H]([C@@H](C)CCC(=O)O)[C@@]4(C)CC[C@H]32)C1. The van der Waals surface area contributed by atoms with Crippen LogP contribution in [-0.4, -0.2) is 23.1 Å². The van der Waals surface area contributed by atoms with Crippen molar-refractivity contribution in [2.75, 3.05) is 0 Å². The first-order valence-electron chi connectivity index (χ1n) is 12.5. The highest BCUT2D eigenvalue weighted by Gasteiger charge is 2.60. The molecule has 0 unspecified atom stereocenters. The van der Waals surface area contributed by atoms with Crippen LogP contribution >= 0.6 is 0 Å². The molecule has 0 spiro atoms. The van der Waals surface area contributed by atoms with Gasteiger partial charge in [0.2, 0.25) is 0 Å². The zero-order valence-corrected chi connectivity index (χ0v) is 19.5. The van der Waals surface area contributed by atoms with Gasteiger partial charge in [-0.25, -0.2) is 0 Å². The van der Waals surface area contributed by atoms with E-state index in [4.69, 9.17) is 9.84 Å². The molecule has 4 nitrogen and oxygen atoms in total. The maximum atomic E-state index is 11.5. The lowest BCUT2D eigenvalue weighted by molar-refractivity contribution is -0.160. The van der Waals surface area contributed by atoms with E-state index >= 15 is 0 Å². The van der Waals surface area contributed by atoms with E-state index in [1.54, 1.807) is 6.92 Å². The van der Waals surface area contributed by atoms with Gasteiger partial charge in [-0.2, -0.15) is 0 Å². The molecule has 0 bridgehead atoms. The molecule has 4 aliphatic rings. The van der Waals surface area contributed by atoms with Crippen LogP contribution in [0.1, 0.15) is 98.3 Å². The van der Waals surface area contributed by atoms with Crippen LogP contribution in [0.4, 0.5) is 0 Å². The van der Waals surface area contributed by atoms with Gasteiger partial charge in [-0.15, -0.1) is 0 Å². The summed E-state index contributed by atoms with van der Waals surface area (Å²) in [4.78, 5) is 22.5. The Morgan fingerprint density at radius 1 is 1.00 bits per heavy atom. The molecule has 0 amide bonds. The van der Waals surface area contributed by atoms with Crippen molar-refractivity contribution in [2.24, 2.45) is 46.3 Å². The summed E-state index contributed by atoms with van der Waals surface area (Å²) >= 11 is 0. The Labute approximate surface area is 182 Å². The van der Waals surface area contributed by atoms with Gasteiger partial charge in [-0.3, -0.25) is 9.59 Å². The van der Waals surface area contributed by atoms with Crippen molar-refractivity contribution in [2.45, 2.75) is 104 Å². The topological polar surface area (TPSA) is 63.6 Å². The number of aliphatic carboxylic acids is 1. The maximum Gasteiger partial charge on any atom is 0.303 e. The fourth-order valence-electron chi connectivity index (χ4n) is 9.09. The summed E-state index contributed by atoms with van der Waals surface area (Å²) in [5, 5.41) is 9.13. The third-order valence-electron chi connectivity index (χ3n) is 10.5. The van der Waals surface area contributed by atoms with Gasteiger partial charge in [0.1, 0.15) is 6.10 Å². The number of hydrogen-bond acceptors (Lipinski definition) is 3. The fraction of sp³-hybridized carbons (Fsp3) is 0.923. The van der Waals surface area contributed by atoms with Crippen molar-refractivity contribution in [3.05, 3.63) is 0 Å². The Morgan fingerprint density at radius 2 is 1.70 bits per heavy atom. The number of carbonyl (C=O) groups excluding carboxylic acids is 1. The first kappa shape index (κ1) is 22.1. The van der Waals surface area contributed by atoms with Crippen molar-refractivity contribution in [1.29, 1.82) is 0 Å². The standard InChI is InChI=1S/C26H42O4/c1-16(5-10-24(28)29)21-8-9-22-20-7-6-18-15-19(30-17(2)27)11-13-25(18,3)23(20)12-14-26(21,22)4/h16,18-23H,5-15H2,1-4H3,(H,28,29)/t16-,18+,19+,20+,21+,22+,23+,25-,26+/m0/s1. The molecule has 0 aliphatic heterocycles. The number of carboxylic acid groups (broad SMARTS) is 1. The minimum absolute atomic E-state index is 0.125. The highest BCUT2D eigenvalue weighted by atomic mass is 16.5. The molecule has 0 saturated heterocycles. The monoisotopic (exact) mass is 418 g/mol. The maximum absolute atomic E-state index is 11.5. The third-order valence-corrected chi connectivity index (χ3v) is 10.5. The number of hydrogen-bond donors (Lipinski definition) is 1. The molecule has 0 aromatic heterocycles. The van der Waals surface area contributed by atoms with E-state index in [9.17, 15) is 9.59 Å². The lowest BCUT2D eigenvalue weighted by Gasteiger charge is -2.61. The normalized spacial score (nSPS) is 46.3. The van der Waals surface area contributed by atoms with E-state index in [1.165, 1.54) is 44.9 Å². The molecule has 4 rings (SSSR count). The Morgan fingerprint density at radius 3 is 2.40 bits per heavy atom. The number of ether oxygens (including phenoxy) is 1. The van der Waals surface area contributed by atoms with Crippen LogP contribution < -0.4 is 0 Å². The second-order valence-electron chi connectivity index (χ2n) is 11.8. The largest absolute Gasteiger partial charge is 0.481 e. The molecule has 0 radical (unpaired) electrons. The predicted octanol–water partition coefficient (Wildman–Crippen LogP) is 6.08. The van der Waals surface area contributed by atoms with Crippen LogP contribution in [0, 0.1) is 46.3 Å². The van der Waals surface area contributed by atoms with E-state index in [1.807, 2.05) is 0 Å². The summed E-state index contributed by atoms with van der Waals surface area (Å²) in [6.45, 7) is 8.96. The number of carbonyl (C=O) groups is 2. The van der Waals surface area contributed by atoms with Gasteiger partial charge in [-0.1, -0.05) is 20.8 Å². The number of carboxylic acids is 1. The van der Waals surface area contributed by atoms with Gasteiger partial charge in [0.15, 0.2) is 0 Å². The smallest absolute Gasteiger partial charge is 0.303 e. The van der Waals surface area contributed by atoms with Gasteiger partial charge in [-0.05, 0) is 111 Å². The quantitative estimate of drug-likeness (QED) is 0.550. The summed E-state index contributed by atoms with van der Waals surface area (Å²) in [6, 6.07) is 0. The second kappa shape index (κ2) is 8.13. The third kappa shape index (κ3) is 3.71. The molecular formula is C26H42O4. The molecule has 1 N–H and O–H groups in total. The summed E-state index contributed by atoms with van der Waals surface area (Å²) < 4.78 is 5.61. The van der Waals surface area contributed by atoms with Gasteiger partial charge >= 0.3 is 11.9 Å². The molecule has 4 aliphatic carbocycles. The average Bonchev–Trinajstić information content (AvgIpc) is 3.03. The minimum Gasteiger partial charge on any atom is -0.481 e. The summed E-state index contributed by atoms with van der Waals surface area (Å²) in [5.74, 6) is 3.60. The summed E-state index contributed by atoms with van der Waals surface area (Å²) in [5.41, 5.74) is 0.811. The number of rotatable bonds is 5. The van der Waals surface area contributed by atoms with Gasteiger partial charge < -0.3 is 9.84 Å². The molecule has 4 fully saturated rings. The first-order valence-corrected chi connectivity index (χ1v) is 12.5. The van der Waals surface area contributed by atoms with Crippen molar-refractivity contribution in [1.82, 2.24) is 0 Å². The van der Waals surface area contributed by atoms with E-state index in [-0.39, 0.29) is 12.1 Å². The van der Waals surface area contributed by atoms with Gasteiger partial charge in [0, 0.05) is 13.3 Å². The molecule has 170 valence electrons. The Bertz CT molecular complexity index is 674. The molecule has 0 aromatic carbocycles. The first-order chi connectivity index (χ1) is 14.1. The second-order valence-corrected chi connectivity index (χ2v) is 11.8. The zero-order chi connectivity index (χ0) is 21.7. The van der Waals surface area contributed by atoms with Gasteiger partial charge in [0.05, 0.1) is 0 Å². The molecule has 30 heavy (non-hydrogen) atoms. The highest BCUT2D eigenvalue weighted by Crippen LogP contribution is 2.68. The Kier molecular flexibility index (Phi) is 6.00. The van der Waals surface area contributed by atoms with E-state index in [0.717, 1.165) is 37.0 Å². The van der Waals surface area contributed by atoms with Crippen LogP contribution in [0.2, 0.25) is 0 Å². The Hall–Kier alpha value is -1.06. The van der Waals surface area contributed by atoms with Crippen molar-refractivity contribution < 1.29 is 19.4 Å². The molecule has 0 heterocycles. The lowest BCUT2D eigenvalue weighted by Crippen LogP contribution is -2.54. The van der Waals surface area contributed by atoms with Crippen molar-refractivity contribution >= 4 is 11.9 Å². The minimum atomic E-state index is -0.652. The van der Waals surface area contributed by atoms with Crippen LogP contribution in [0.5, 0.6) is 0 Å². The highest BCUT2D eigenvalue weighted by molar-refractivity contribution is 5.66. The van der Waals surface area contributed by atoms with Crippen LogP contribution in [-0.2, 0) is 14.3 Å². The Balaban J connectivity index is 1.47. The van der Waals surface area contributed by atoms with E-state index in [2.05, 4.69) is 20.8 Å². The van der Waals surface area contributed by atoms with E-state index in [0.29, 0.717) is 35.0 Å². The number of esters is 1. The summed E-state index contributed by atoms with van der Waals surface area (Å²) in [7, 11) is 0. The van der Waals surface area contributed by atoms with Gasteiger partial charge in [0.25, 0.3) is 0 Å². The van der Waals surface area contributed by atoms with Crippen LogP contribution in [0.15, 0.2) is 0 Å².